The summed E-state index contributed by atoms with van der Waals surface area (Å²) in [5.74, 6) is -0.125. The van der Waals surface area contributed by atoms with Crippen LogP contribution in [0.3, 0.4) is 0 Å². The summed E-state index contributed by atoms with van der Waals surface area (Å²) in [5, 5.41) is 11.0. The van der Waals surface area contributed by atoms with E-state index < -0.39 is 5.60 Å². The molecule has 2 saturated heterocycles. The van der Waals surface area contributed by atoms with Gasteiger partial charge in [0, 0.05) is 39.3 Å². The fourth-order valence-corrected chi connectivity index (χ4v) is 3.72. The van der Waals surface area contributed by atoms with Crippen molar-refractivity contribution in [3.05, 3.63) is 35.4 Å². The van der Waals surface area contributed by atoms with E-state index >= 15 is 0 Å². The van der Waals surface area contributed by atoms with Gasteiger partial charge in [-0.05, 0) is 31.7 Å². The van der Waals surface area contributed by atoms with Crippen molar-refractivity contribution in [3.63, 3.8) is 0 Å². The Labute approximate surface area is 144 Å². The molecule has 5 nitrogen and oxygen atoms in total. The molecule has 1 amide bonds. The number of aryl methyl sites for hydroxylation is 1. The first-order valence-corrected chi connectivity index (χ1v) is 8.94. The zero-order valence-electron chi connectivity index (χ0n) is 14.5. The molecule has 24 heavy (non-hydrogen) atoms. The first-order valence-electron chi connectivity index (χ1n) is 8.94. The second-order valence-electron chi connectivity index (χ2n) is 7.09. The molecule has 0 bridgehead atoms. The van der Waals surface area contributed by atoms with E-state index in [0.717, 1.165) is 44.6 Å². The lowest BCUT2D eigenvalue weighted by atomic mass is 9.90. The molecular formula is C19H28N2O3. The van der Waals surface area contributed by atoms with E-state index in [1.54, 1.807) is 0 Å². The summed E-state index contributed by atoms with van der Waals surface area (Å²) in [6, 6.07) is 8.22. The molecule has 1 unspecified atom stereocenters. The van der Waals surface area contributed by atoms with Crippen molar-refractivity contribution in [1.29, 1.82) is 0 Å². The van der Waals surface area contributed by atoms with Crippen LogP contribution in [-0.2, 0) is 16.1 Å². The third-order valence-corrected chi connectivity index (χ3v) is 4.96. The lowest BCUT2D eigenvalue weighted by Crippen LogP contribution is -2.58. The Kier molecular flexibility index (Phi) is 5.54. The van der Waals surface area contributed by atoms with E-state index in [9.17, 15) is 9.90 Å². The summed E-state index contributed by atoms with van der Waals surface area (Å²) in [6.45, 7) is 6.88. The molecule has 132 valence electrons. The van der Waals surface area contributed by atoms with Gasteiger partial charge in [-0.15, -0.1) is 0 Å². The number of likely N-dealkylation sites (tertiary alicyclic amines) is 1. The van der Waals surface area contributed by atoms with Crippen LogP contribution in [0.5, 0.6) is 0 Å². The number of amides is 1. The molecule has 0 aliphatic carbocycles. The summed E-state index contributed by atoms with van der Waals surface area (Å²) in [7, 11) is 0. The third kappa shape index (κ3) is 4.15. The first-order chi connectivity index (χ1) is 11.6. The van der Waals surface area contributed by atoms with Gasteiger partial charge in [0.15, 0.2) is 5.60 Å². The second-order valence-corrected chi connectivity index (χ2v) is 7.09. The Balaban J connectivity index is 1.66. The monoisotopic (exact) mass is 332 g/mol. The molecule has 2 aliphatic heterocycles. The smallest absolute Gasteiger partial charge is 0.256 e. The van der Waals surface area contributed by atoms with Crippen molar-refractivity contribution in [3.8, 4) is 0 Å². The standard InChI is InChI=1S/C19H28N2O3/c1-16-5-2-6-17(13-16)14-21-9-3-7-19(23,18(21)22)15-20-8-4-11-24-12-10-20/h2,5-6,13,23H,3-4,7-12,14-15H2,1H3. The maximum atomic E-state index is 12.9. The van der Waals surface area contributed by atoms with Crippen LogP contribution in [-0.4, -0.2) is 65.8 Å². The predicted octanol–water partition coefficient (Wildman–Crippen LogP) is 1.57. The van der Waals surface area contributed by atoms with Crippen LogP contribution >= 0.6 is 0 Å². The van der Waals surface area contributed by atoms with Crippen LogP contribution in [0.25, 0.3) is 0 Å². The number of hydrogen-bond donors (Lipinski definition) is 1. The number of nitrogens with zero attached hydrogens (tertiary/aromatic N) is 2. The van der Waals surface area contributed by atoms with E-state index in [0.29, 0.717) is 26.1 Å². The van der Waals surface area contributed by atoms with E-state index in [-0.39, 0.29) is 5.91 Å². The molecule has 2 heterocycles. The number of carbonyl (C=O) groups is 1. The van der Waals surface area contributed by atoms with E-state index in [1.807, 2.05) is 17.0 Å². The van der Waals surface area contributed by atoms with Crippen LogP contribution in [0, 0.1) is 6.92 Å². The van der Waals surface area contributed by atoms with Crippen LogP contribution in [0.1, 0.15) is 30.4 Å². The van der Waals surface area contributed by atoms with Crippen molar-refractivity contribution < 1.29 is 14.6 Å². The number of rotatable bonds is 4. The zero-order chi connectivity index (χ0) is 17.0. The molecule has 0 aromatic heterocycles. The van der Waals surface area contributed by atoms with Gasteiger partial charge in [-0.25, -0.2) is 0 Å². The molecule has 0 radical (unpaired) electrons. The SMILES string of the molecule is Cc1cccc(CN2CCCC(O)(CN3CCCOCC3)C2=O)c1. The highest BCUT2D eigenvalue weighted by Crippen LogP contribution is 2.26. The predicted molar refractivity (Wildman–Crippen MR) is 92.7 cm³/mol. The molecule has 3 rings (SSSR count). The maximum absolute atomic E-state index is 12.9. The van der Waals surface area contributed by atoms with Crippen LogP contribution in [0.4, 0.5) is 0 Å². The quantitative estimate of drug-likeness (QED) is 0.909. The summed E-state index contributed by atoms with van der Waals surface area (Å²) in [6.07, 6.45) is 2.35. The van der Waals surface area contributed by atoms with Gasteiger partial charge in [-0.3, -0.25) is 9.69 Å². The molecule has 2 fully saturated rings. The maximum Gasteiger partial charge on any atom is 0.256 e. The Bertz CT molecular complexity index is 569. The van der Waals surface area contributed by atoms with Gasteiger partial charge < -0.3 is 14.7 Å². The normalized spacial score (nSPS) is 26.4. The van der Waals surface area contributed by atoms with Crippen molar-refractivity contribution in [2.24, 2.45) is 0 Å². The zero-order valence-corrected chi connectivity index (χ0v) is 14.5. The Hall–Kier alpha value is -1.43. The van der Waals surface area contributed by atoms with Gasteiger partial charge in [0.05, 0.1) is 6.61 Å². The van der Waals surface area contributed by atoms with E-state index in [1.165, 1.54) is 5.56 Å². The van der Waals surface area contributed by atoms with Gasteiger partial charge in [0.25, 0.3) is 5.91 Å². The second kappa shape index (κ2) is 7.64. The number of hydrogen-bond acceptors (Lipinski definition) is 4. The molecule has 0 saturated carbocycles. The minimum atomic E-state index is -1.26. The highest BCUT2D eigenvalue weighted by molar-refractivity contribution is 5.86. The lowest BCUT2D eigenvalue weighted by molar-refractivity contribution is -0.160. The molecule has 1 aromatic carbocycles. The van der Waals surface area contributed by atoms with Gasteiger partial charge in [-0.1, -0.05) is 29.8 Å². The summed E-state index contributed by atoms with van der Waals surface area (Å²) < 4.78 is 5.47. The number of piperidine rings is 1. The van der Waals surface area contributed by atoms with Gasteiger partial charge in [0.1, 0.15) is 0 Å². The molecule has 1 aromatic rings. The van der Waals surface area contributed by atoms with E-state index in [4.69, 9.17) is 4.74 Å². The Morgan fingerprint density at radius 3 is 2.92 bits per heavy atom. The number of ether oxygens (including phenoxy) is 1. The number of aliphatic hydroxyl groups is 1. The van der Waals surface area contributed by atoms with Crippen LogP contribution < -0.4 is 0 Å². The van der Waals surface area contributed by atoms with Crippen LogP contribution in [0.15, 0.2) is 24.3 Å². The van der Waals surface area contributed by atoms with Crippen molar-refractivity contribution in [2.45, 2.75) is 38.3 Å². The topological polar surface area (TPSA) is 53.0 Å². The third-order valence-electron chi connectivity index (χ3n) is 4.96. The molecule has 1 N–H and O–H groups in total. The molecular weight excluding hydrogens is 304 g/mol. The van der Waals surface area contributed by atoms with E-state index in [2.05, 4.69) is 24.0 Å². The largest absolute Gasteiger partial charge is 0.380 e. The first kappa shape index (κ1) is 17.4. The summed E-state index contributed by atoms with van der Waals surface area (Å²) >= 11 is 0. The number of benzene rings is 1. The summed E-state index contributed by atoms with van der Waals surface area (Å²) in [4.78, 5) is 16.9. The highest BCUT2D eigenvalue weighted by atomic mass is 16.5. The van der Waals surface area contributed by atoms with Crippen molar-refractivity contribution in [2.75, 3.05) is 39.4 Å². The molecule has 2 aliphatic rings. The number of carbonyl (C=O) groups excluding carboxylic acids is 1. The van der Waals surface area contributed by atoms with Crippen LogP contribution in [0.2, 0.25) is 0 Å². The average molecular weight is 332 g/mol. The average Bonchev–Trinajstić information content (AvgIpc) is 2.81. The Morgan fingerprint density at radius 2 is 2.08 bits per heavy atom. The minimum Gasteiger partial charge on any atom is -0.380 e. The van der Waals surface area contributed by atoms with Gasteiger partial charge in [-0.2, -0.15) is 0 Å². The Morgan fingerprint density at radius 1 is 1.21 bits per heavy atom. The number of β-amino-alcohol motifs (C(OH)–C–C–N with tert-alkyl or cyclic N) is 1. The fraction of sp³-hybridized carbons (Fsp3) is 0.632. The van der Waals surface area contributed by atoms with Crippen molar-refractivity contribution in [1.82, 2.24) is 9.80 Å². The van der Waals surface area contributed by atoms with Crippen molar-refractivity contribution >= 4 is 5.91 Å². The van der Waals surface area contributed by atoms with Gasteiger partial charge in [0.2, 0.25) is 0 Å². The summed E-state index contributed by atoms with van der Waals surface area (Å²) in [5.41, 5.74) is 1.06. The molecule has 0 spiro atoms. The minimum absolute atomic E-state index is 0.125. The van der Waals surface area contributed by atoms with Gasteiger partial charge >= 0.3 is 0 Å². The fourth-order valence-electron chi connectivity index (χ4n) is 3.72. The molecule has 5 heteroatoms. The highest BCUT2D eigenvalue weighted by Gasteiger charge is 2.43. The molecule has 1 atom stereocenters. The lowest BCUT2D eigenvalue weighted by Gasteiger charge is -2.40.